The summed E-state index contributed by atoms with van der Waals surface area (Å²) < 4.78 is 5.54. The zero-order valence-corrected chi connectivity index (χ0v) is 12.3. The summed E-state index contributed by atoms with van der Waals surface area (Å²) in [5.41, 5.74) is -1.27. The van der Waals surface area contributed by atoms with E-state index in [1.807, 2.05) is 34.6 Å². The third-order valence-electron chi connectivity index (χ3n) is 3.14. The lowest BCUT2D eigenvalue weighted by atomic mass is 9.89. The van der Waals surface area contributed by atoms with Crippen LogP contribution in [-0.4, -0.2) is 22.8 Å². The fourth-order valence-corrected chi connectivity index (χ4v) is 1.35. The minimum absolute atomic E-state index is 0.178. The van der Waals surface area contributed by atoms with E-state index in [0.717, 1.165) is 6.42 Å². The quantitative estimate of drug-likeness (QED) is 0.730. The molecule has 1 unspecified atom stereocenters. The van der Waals surface area contributed by atoms with E-state index >= 15 is 0 Å². The Labute approximate surface area is 106 Å². The number of hydrogen-bond acceptors (Lipinski definition) is 3. The third-order valence-corrected chi connectivity index (χ3v) is 3.14. The molecule has 1 atom stereocenters. The van der Waals surface area contributed by atoms with Gasteiger partial charge in [-0.3, -0.25) is 4.79 Å². The van der Waals surface area contributed by atoms with Gasteiger partial charge in [-0.05, 0) is 40.0 Å². The zero-order chi connectivity index (χ0) is 13.9. The first-order chi connectivity index (χ1) is 7.49. The second-order valence-corrected chi connectivity index (χ2v) is 6.44. The average molecular weight is 244 g/mol. The molecule has 0 spiro atoms. The number of rotatable bonds is 6. The fraction of sp³-hybridized carbons (Fsp3) is 0.929. The molecule has 3 heteroatoms. The molecule has 102 valence electrons. The topological polar surface area (TPSA) is 46.5 Å². The summed E-state index contributed by atoms with van der Waals surface area (Å²) in [5.74, 6) is 0.0287. The number of carbonyl (C=O) groups is 1. The fourth-order valence-electron chi connectivity index (χ4n) is 1.35. The second-order valence-electron chi connectivity index (χ2n) is 6.44. The average Bonchev–Trinajstić information content (AvgIpc) is 2.14. The number of aliphatic hydroxyl groups is 1. The van der Waals surface area contributed by atoms with Crippen molar-refractivity contribution in [2.45, 2.75) is 73.0 Å². The number of esters is 1. The molecule has 0 rings (SSSR count). The van der Waals surface area contributed by atoms with Gasteiger partial charge >= 0.3 is 5.97 Å². The SMILES string of the molecule is CCC(C)(C)C(=O)OC(CC(C)(C)O)C(C)C. The highest BCUT2D eigenvalue weighted by atomic mass is 16.5. The van der Waals surface area contributed by atoms with Gasteiger partial charge in [-0.25, -0.2) is 0 Å². The van der Waals surface area contributed by atoms with Crippen LogP contribution in [0.15, 0.2) is 0 Å². The molecular weight excluding hydrogens is 216 g/mol. The molecule has 0 aromatic carbocycles. The molecule has 1 N–H and O–H groups in total. The van der Waals surface area contributed by atoms with E-state index in [1.54, 1.807) is 13.8 Å². The second kappa shape index (κ2) is 5.85. The first-order valence-corrected chi connectivity index (χ1v) is 6.43. The summed E-state index contributed by atoms with van der Waals surface area (Å²) in [5, 5.41) is 9.82. The maximum absolute atomic E-state index is 12.0. The lowest BCUT2D eigenvalue weighted by Gasteiger charge is -2.31. The first-order valence-electron chi connectivity index (χ1n) is 6.43. The van der Waals surface area contributed by atoms with E-state index in [9.17, 15) is 9.90 Å². The minimum atomic E-state index is -0.814. The Bertz CT molecular complexity index is 249. The molecule has 0 amide bonds. The van der Waals surface area contributed by atoms with Gasteiger partial charge in [-0.1, -0.05) is 20.8 Å². The van der Waals surface area contributed by atoms with E-state index in [-0.39, 0.29) is 18.0 Å². The molecule has 0 aromatic rings. The molecule has 0 saturated heterocycles. The molecule has 0 aliphatic carbocycles. The van der Waals surface area contributed by atoms with Crippen molar-refractivity contribution < 1.29 is 14.6 Å². The minimum Gasteiger partial charge on any atom is -0.462 e. The lowest BCUT2D eigenvalue weighted by molar-refractivity contribution is -0.165. The highest BCUT2D eigenvalue weighted by molar-refractivity contribution is 5.76. The van der Waals surface area contributed by atoms with Crippen molar-refractivity contribution in [1.82, 2.24) is 0 Å². The van der Waals surface area contributed by atoms with E-state index in [0.29, 0.717) is 6.42 Å². The predicted octanol–water partition coefficient (Wildman–Crippen LogP) is 3.15. The monoisotopic (exact) mass is 244 g/mol. The molecule has 0 radical (unpaired) electrons. The molecule has 17 heavy (non-hydrogen) atoms. The van der Waals surface area contributed by atoms with Gasteiger partial charge < -0.3 is 9.84 Å². The van der Waals surface area contributed by atoms with Gasteiger partial charge in [0.25, 0.3) is 0 Å². The van der Waals surface area contributed by atoms with Crippen LogP contribution >= 0.6 is 0 Å². The van der Waals surface area contributed by atoms with Crippen LogP contribution < -0.4 is 0 Å². The van der Waals surface area contributed by atoms with Crippen LogP contribution in [0.25, 0.3) is 0 Å². The van der Waals surface area contributed by atoms with Crippen LogP contribution in [0.1, 0.15) is 61.3 Å². The third kappa shape index (κ3) is 6.06. The lowest BCUT2D eigenvalue weighted by Crippen LogP contribution is -2.37. The van der Waals surface area contributed by atoms with Crippen LogP contribution in [0.3, 0.4) is 0 Å². The van der Waals surface area contributed by atoms with Gasteiger partial charge in [-0.2, -0.15) is 0 Å². The molecular formula is C14H28O3. The smallest absolute Gasteiger partial charge is 0.311 e. The largest absolute Gasteiger partial charge is 0.462 e. The van der Waals surface area contributed by atoms with E-state index in [2.05, 4.69) is 0 Å². The van der Waals surface area contributed by atoms with Crippen molar-refractivity contribution in [3.05, 3.63) is 0 Å². The van der Waals surface area contributed by atoms with Crippen LogP contribution in [0.2, 0.25) is 0 Å². The zero-order valence-electron chi connectivity index (χ0n) is 12.3. The summed E-state index contributed by atoms with van der Waals surface area (Å²) in [6, 6.07) is 0. The van der Waals surface area contributed by atoms with Gasteiger partial charge in [0.05, 0.1) is 11.0 Å². The van der Waals surface area contributed by atoms with Crippen molar-refractivity contribution in [3.8, 4) is 0 Å². The molecule has 0 aliphatic rings. The molecule has 0 aliphatic heterocycles. The van der Waals surface area contributed by atoms with Crippen molar-refractivity contribution in [3.63, 3.8) is 0 Å². The van der Waals surface area contributed by atoms with Crippen molar-refractivity contribution in [2.24, 2.45) is 11.3 Å². The maximum atomic E-state index is 12.0. The number of ether oxygens (including phenoxy) is 1. The van der Waals surface area contributed by atoms with Gasteiger partial charge in [-0.15, -0.1) is 0 Å². The molecule has 0 aromatic heterocycles. The Kier molecular flexibility index (Phi) is 5.66. The summed E-state index contributed by atoms with van der Waals surface area (Å²) in [7, 11) is 0. The molecule has 0 heterocycles. The standard InChI is InChI=1S/C14H28O3/c1-8-13(4,5)12(15)17-11(10(2)3)9-14(6,7)16/h10-11,16H,8-9H2,1-7H3. The highest BCUT2D eigenvalue weighted by Crippen LogP contribution is 2.26. The summed E-state index contributed by atoms with van der Waals surface area (Å²) in [6.07, 6.45) is 0.989. The molecule has 0 saturated carbocycles. The van der Waals surface area contributed by atoms with Gasteiger partial charge in [0.1, 0.15) is 6.10 Å². The van der Waals surface area contributed by atoms with E-state index in [4.69, 9.17) is 4.74 Å². The number of carbonyl (C=O) groups excluding carboxylic acids is 1. The van der Waals surface area contributed by atoms with Crippen LogP contribution in [0, 0.1) is 11.3 Å². The molecule has 0 bridgehead atoms. The van der Waals surface area contributed by atoms with Gasteiger partial charge in [0, 0.05) is 6.42 Å². The molecule has 0 fully saturated rings. The van der Waals surface area contributed by atoms with Crippen LogP contribution in [0.5, 0.6) is 0 Å². The first kappa shape index (κ1) is 16.4. The van der Waals surface area contributed by atoms with Gasteiger partial charge in [0.15, 0.2) is 0 Å². The predicted molar refractivity (Wildman–Crippen MR) is 69.7 cm³/mol. The summed E-state index contributed by atoms with van der Waals surface area (Å²) in [6.45, 7) is 13.2. The normalized spacial score (nSPS) is 14.9. The van der Waals surface area contributed by atoms with Crippen molar-refractivity contribution >= 4 is 5.97 Å². The van der Waals surface area contributed by atoms with E-state index in [1.165, 1.54) is 0 Å². The summed E-state index contributed by atoms with van der Waals surface area (Å²) >= 11 is 0. The van der Waals surface area contributed by atoms with Gasteiger partial charge in [0.2, 0.25) is 0 Å². The Morgan fingerprint density at radius 1 is 1.24 bits per heavy atom. The highest BCUT2D eigenvalue weighted by Gasteiger charge is 2.32. The summed E-state index contributed by atoms with van der Waals surface area (Å²) in [4.78, 5) is 12.0. The Morgan fingerprint density at radius 2 is 1.71 bits per heavy atom. The van der Waals surface area contributed by atoms with Crippen LogP contribution in [0.4, 0.5) is 0 Å². The Morgan fingerprint density at radius 3 is 2.00 bits per heavy atom. The van der Waals surface area contributed by atoms with Crippen molar-refractivity contribution in [2.75, 3.05) is 0 Å². The van der Waals surface area contributed by atoms with E-state index < -0.39 is 11.0 Å². The Hall–Kier alpha value is -0.570. The maximum Gasteiger partial charge on any atom is 0.311 e. The van der Waals surface area contributed by atoms with Crippen molar-refractivity contribution in [1.29, 1.82) is 0 Å². The van der Waals surface area contributed by atoms with Crippen LogP contribution in [-0.2, 0) is 9.53 Å². The Balaban J connectivity index is 4.62. The number of hydrogen-bond donors (Lipinski definition) is 1. The molecule has 3 nitrogen and oxygen atoms in total.